The second kappa shape index (κ2) is 7.72. The molecule has 0 aliphatic carbocycles. The molecule has 1 fully saturated rings. The van der Waals surface area contributed by atoms with Crippen molar-refractivity contribution in [3.8, 4) is 11.3 Å². The molecule has 1 aromatic heterocycles. The molecule has 0 atom stereocenters. The molecule has 1 aliphatic heterocycles. The zero-order valence-electron chi connectivity index (χ0n) is 15.6. The van der Waals surface area contributed by atoms with Gasteiger partial charge in [-0.25, -0.2) is 8.42 Å². The van der Waals surface area contributed by atoms with Crippen molar-refractivity contribution in [2.24, 2.45) is 0 Å². The Morgan fingerprint density at radius 2 is 1.62 bits per heavy atom. The van der Waals surface area contributed by atoms with Crippen molar-refractivity contribution in [3.63, 3.8) is 0 Å². The first-order valence-corrected chi connectivity index (χ1v) is 10.7. The van der Waals surface area contributed by atoms with E-state index in [1.54, 1.807) is 31.2 Å². The zero-order chi connectivity index (χ0) is 18.7. The van der Waals surface area contributed by atoms with Gasteiger partial charge in [0.05, 0.1) is 16.3 Å². The van der Waals surface area contributed by atoms with E-state index in [2.05, 4.69) is 33.8 Å². The number of nitrogens with zero attached hydrogens (tertiary/aromatic N) is 4. The number of aromatic nitrogens is 2. The van der Waals surface area contributed by atoms with Crippen LogP contribution in [0.1, 0.15) is 20.8 Å². The van der Waals surface area contributed by atoms with Crippen LogP contribution in [0.15, 0.2) is 41.3 Å². The second-order valence-corrected chi connectivity index (χ2v) is 9.10. The van der Waals surface area contributed by atoms with Crippen molar-refractivity contribution in [1.29, 1.82) is 0 Å². The fraction of sp³-hybridized carbons (Fsp3) is 0.474. The van der Waals surface area contributed by atoms with Crippen LogP contribution in [-0.4, -0.2) is 61.5 Å². The van der Waals surface area contributed by atoms with Gasteiger partial charge in [0.1, 0.15) is 0 Å². The van der Waals surface area contributed by atoms with E-state index in [1.807, 2.05) is 12.1 Å². The van der Waals surface area contributed by atoms with Crippen LogP contribution in [0.4, 0.5) is 5.82 Å². The summed E-state index contributed by atoms with van der Waals surface area (Å²) in [6, 6.07) is 11.3. The Kier molecular flexibility index (Phi) is 5.58. The van der Waals surface area contributed by atoms with Gasteiger partial charge >= 0.3 is 0 Å². The molecule has 0 bridgehead atoms. The maximum absolute atomic E-state index is 11.9. The average molecular weight is 375 g/mol. The number of anilines is 1. The Balaban J connectivity index is 1.70. The van der Waals surface area contributed by atoms with Crippen LogP contribution in [0.3, 0.4) is 0 Å². The molecule has 1 aromatic carbocycles. The highest BCUT2D eigenvalue weighted by molar-refractivity contribution is 7.91. The summed E-state index contributed by atoms with van der Waals surface area (Å²) in [5, 5.41) is 8.71. The number of hydrogen-bond acceptors (Lipinski definition) is 6. The minimum atomic E-state index is -3.18. The van der Waals surface area contributed by atoms with Gasteiger partial charge in [-0.05, 0) is 38.1 Å². The molecule has 1 aliphatic rings. The molecule has 0 radical (unpaired) electrons. The summed E-state index contributed by atoms with van der Waals surface area (Å²) in [4.78, 5) is 5.06. The molecule has 6 nitrogen and oxygen atoms in total. The van der Waals surface area contributed by atoms with Crippen LogP contribution in [-0.2, 0) is 9.84 Å². The number of piperazine rings is 1. The number of rotatable bonds is 5. The van der Waals surface area contributed by atoms with Gasteiger partial charge in [-0.3, -0.25) is 4.90 Å². The number of hydrogen-bond donors (Lipinski definition) is 0. The smallest absolute Gasteiger partial charge is 0.178 e. The topological polar surface area (TPSA) is 66.4 Å². The summed E-state index contributed by atoms with van der Waals surface area (Å²) < 4.78 is 23.8. The Morgan fingerprint density at radius 1 is 0.962 bits per heavy atom. The maximum Gasteiger partial charge on any atom is 0.178 e. The van der Waals surface area contributed by atoms with E-state index in [0.29, 0.717) is 10.9 Å². The van der Waals surface area contributed by atoms with Gasteiger partial charge < -0.3 is 4.90 Å². The van der Waals surface area contributed by atoms with Crippen molar-refractivity contribution in [1.82, 2.24) is 15.1 Å². The molecule has 2 heterocycles. The lowest BCUT2D eigenvalue weighted by Gasteiger charge is -2.37. The van der Waals surface area contributed by atoms with E-state index in [1.165, 1.54) is 0 Å². The monoisotopic (exact) mass is 374 g/mol. The van der Waals surface area contributed by atoms with Crippen molar-refractivity contribution < 1.29 is 8.42 Å². The van der Waals surface area contributed by atoms with Crippen LogP contribution in [0.5, 0.6) is 0 Å². The summed E-state index contributed by atoms with van der Waals surface area (Å²) in [6.45, 7) is 10.1. The van der Waals surface area contributed by atoms with Crippen LogP contribution >= 0.6 is 0 Å². The summed E-state index contributed by atoms with van der Waals surface area (Å²) in [5.41, 5.74) is 1.61. The van der Waals surface area contributed by atoms with E-state index in [0.717, 1.165) is 43.3 Å². The van der Waals surface area contributed by atoms with Gasteiger partial charge in [0.2, 0.25) is 0 Å². The first-order chi connectivity index (χ1) is 12.4. The van der Waals surface area contributed by atoms with Crippen molar-refractivity contribution in [2.75, 3.05) is 36.8 Å². The zero-order valence-corrected chi connectivity index (χ0v) is 16.4. The molecule has 1 saturated heterocycles. The number of benzene rings is 1. The third-order valence-electron chi connectivity index (χ3n) is 4.91. The maximum atomic E-state index is 11.9. The van der Waals surface area contributed by atoms with Gasteiger partial charge in [0.25, 0.3) is 0 Å². The summed E-state index contributed by atoms with van der Waals surface area (Å²) in [6.07, 6.45) is 0. The van der Waals surface area contributed by atoms with Gasteiger partial charge in [0, 0.05) is 37.8 Å². The Labute approximate surface area is 155 Å². The van der Waals surface area contributed by atoms with E-state index in [9.17, 15) is 8.42 Å². The van der Waals surface area contributed by atoms with Gasteiger partial charge in [-0.2, -0.15) is 0 Å². The Hall–Kier alpha value is -1.99. The predicted octanol–water partition coefficient (Wildman–Crippen LogP) is 2.47. The van der Waals surface area contributed by atoms with Gasteiger partial charge in [-0.15, -0.1) is 10.2 Å². The molecule has 0 amide bonds. The minimum Gasteiger partial charge on any atom is -0.353 e. The standard InChI is InChI=1S/C19H26N4O2S/c1-4-26(24,25)17-7-5-16(6-8-17)18-9-10-19(21-20-18)23-13-11-22(12-14-23)15(2)3/h5-10,15H,4,11-14H2,1-3H3. The summed E-state index contributed by atoms with van der Waals surface area (Å²) in [5.74, 6) is 0.993. The van der Waals surface area contributed by atoms with Crippen LogP contribution < -0.4 is 4.90 Å². The van der Waals surface area contributed by atoms with E-state index in [4.69, 9.17) is 0 Å². The molecule has 0 N–H and O–H groups in total. The normalized spacial score (nSPS) is 16.2. The molecular formula is C19H26N4O2S. The summed E-state index contributed by atoms with van der Waals surface area (Å²) >= 11 is 0. The van der Waals surface area contributed by atoms with Crippen LogP contribution in [0, 0.1) is 0 Å². The SMILES string of the molecule is CCS(=O)(=O)c1ccc(-c2ccc(N3CCN(C(C)C)CC3)nn2)cc1. The summed E-state index contributed by atoms with van der Waals surface area (Å²) in [7, 11) is -3.18. The van der Waals surface area contributed by atoms with Crippen molar-refractivity contribution >= 4 is 15.7 Å². The molecule has 3 rings (SSSR count). The lowest BCUT2D eigenvalue weighted by Crippen LogP contribution is -2.49. The Morgan fingerprint density at radius 3 is 2.12 bits per heavy atom. The van der Waals surface area contributed by atoms with Gasteiger partial charge in [-0.1, -0.05) is 19.1 Å². The minimum absolute atomic E-state index is 0.102. The fourth-order valence-corrected chi connectivity index (χ4v) is 4.00. The number of sulfone groups is 1. The first-order valence-electron chi connectivity index (χ1n) is 9.06. The highest BCUT2D eigenvalue weighted by Gasteiger charge is 2.20. The Bertz CT molecular complexity index is 825. The van der Waals surface area contributed by atoms with E-state index >= 15 is 0 Å². The molecular weight excluding hydrogens is 348 g/mol. The third kappa shape index (κ3) is 4.04. The highest BCUT2D eigenvalue weighted by Crippen LogP contribution is 2.22. The lowest BCUT2D eigenvalue weighted by atomic mass is 10.1. The molecule has 0 spiro atoms. The largest absolute Gasteiger partial charge is 0.353 e. The van der Waals surface area contributed by atoms with Crippen molar-refractivity contribution in [3.05, 3.63) is 36.4 Å². The van der Waals surface area contributed by atoms with Crippen molar-refractivity contribution in [2.45, 2.75) is 31.7 Å². The molecule has 140 valence electrons. The highest BCUT2D eigenvalue weighted by atomic mass is 32.2. The molecule has 26 heavy (non-hydrogen) atoms. The molecule has 7 heteroatoms. The quantitative estimate of drug-likeness (QED) is 0.801. The van der Waals surface area contributed by atoms with Crippen LogP contribution in [0.25, 0.3) is 11.3 Å². The van der Waals surface area contributed by atoms with E-state index < -0.39 is 9.84 Å². The second-order valence-electron chi connectivity index (χ2n) is 6.82. The lowest BCUT2D eigenvalue weighted by molar-refractivity contribution is 0.209. The van der Waals surface area contributed by atoms with Crippen LogP contribution in [0.2, 0.25) is 0 Å². The molecule has 2 aromatic rings. The first kappa shape index (κ1) is 18.8. The molecule has 0 saturated carbocycles. The molecule has 0 unspecified atom stereocenters. The average Bonchev–Trinajstić information content (AvgIpc) is 2.68. The van der Waals surface area contributed by atoms with Gasteiger partial charge in [0.15, 0.2) is 15.7 Å². The fourth-order valence-electron chi connectivity index (χ4n) is 3.11. The van der Waals surface area contributed by atoms with E-state index in [-0.39, 0.29) is 5.75 Å². The third-order valence-corrected chi connectivity index (χ3v) is 6.66. The predicted molar refractivity (Wildman–Crippen MR) is 104 cm³/mol.